The van der Waals surface area contributed by atoms with Gasteiger partial charge in [-0.2, -0.15) is 0 Å². The van der Waals surface area contributed by atoms with Crippen LogP contribution in [0.1, 0.15) is 28.9 Å². The van der Waals surface area contributed by atoms with Gasteiger partial charge in [-0.25, -0.2) is 0 Å². The summed E-state index contributed by atoms with van der Waals surface area (Å²) in [6, 6.07) is 5.06. The maximum absolute atomic E-state index is 12.4. The van der Waals surface area contributed by atoms with Crippen LogP contribution in [0.15, 0.2) is 35.3 Å². The molecule has 1 atom stereocenters. The second kappa shape index (κ2) is 10.6. The Hall–Kier alpha value is -3.23. The van der Waals surface area contributed by atoms with Crippen molar-refractivity contribution in [1.29, 1.82) is 0 Å². The number of fused-ring (bicyclic) bond motifs is 1. The van der Waals surface area contributed by atoms with E-state index in [0.29, 0.717) is 12.2 Å². The van der Waals surface area contributed by atoms with Gasteiger partial charge in [0.25, 0.3) is 0 Å². The Morgan fingerprint density at radius 2 is 1.88 bits per heavy atom. The van der Waals surface area contributed by atoms with Crippen LogP contribution in [0.3, 0.4) is 0 Å². The van der Waals surface area contributed by atoms with Crippen molar-refractivity contribution in [1.82, 2.24) is 25.3 Å². The van der Waals surface area contributed by atoms with Gasteiger partial charge < -0.3 is 0 Å². The molecule has 2 heterocycles. The molecular formula is C19H18GdN7O6. The number of carboxylic acid groups (broad SMARTS) is 2. The van der Waals surface area contributed by atoms with Crippen molar-refractivity contribution >= 4 is 40.6 Å². The van der Waals surface area contributed by atoms with Gasteiger partial charge in [-0.15, -0.1) is 0 Å². The SMILES string of the molecule is Nc1nc(=O)c2nc(C[N]([Gd])c3ccc(C(=O)N[C@@H](CCC(=O)O)C(=O)O)cc3)cnc2[nH]1. The molecule has 0 saturated heterocycles. The molecule has 173 valence electrons. The number of nitrogen functional groups attached to an aromatic ring is 1. The van der Waals surface area contributed by atoms with Gasteiger partial charge in [0.2, 0.25) is 0 Å². The third-order valence-electron chi connectivity index (χ3n) is 4.44. The number of rotatable bonds is 9. The first-order valence-electron chi connectivity index (χ1n) is 9.43. The molecule has 0 radical (unpaired) electrons. The normalized spacial score (nSPS) is 11.7. The molecule has 14 heteroatoms. The van der Waals surface area contributed by atoms with Gasteiger partial charge >= 0.3 is 213 Å². The summed E-state index contributed by atoms with van der Waals surface area (Å²) in [6.45, 7) is 0.313. The number of hydrogen-bond donors (Lipinski definition) is 5. The minimum atomic E-state index is -1.31. The third kappa shape index (κ3) is 6.40. The van der Waals surface area contributed by atoms with Crippen LogP contribution in [0.2, 0.25) is 0 Å². The van der Waals surface area contributed by atoms with Crippen molar-refractivity contribution in [2.75, 3.05) is 6.83 Å². The van der Waals surface area contributed by atoms with Gasteiger partial charge in [-0.05, 0) is 0 Å². The Labute approximate surface area is 212 Å². The zero-order valence-electron chi connectivity index (χ0n) is 16.8. The molecule has 0 spiro atoms. The van der Waals surface area contributed by atoms with Crippen LogP contribution in [0.5, 0.6) is 0 Å². The quantitative estimate of drug-likeness (QED) is 0.219. The Morgan fingerprint density at radius 1 is 1.18 bits per heavy atom. The average molecular weight is 598 g/mol. The molecule has 3 aromatic rings. The molecule has 0 aliphatic heterocycles. The number of H-pyrrole nitrogens is 1. The number of carbonyl (C=O) groups excluding carboxylic acids is 1. The summed E-state index contributed by atoms with van der Waals surface area (Å²) in [4.78, 5) is 61.0. The first kappa shape index (κ1) is 24.4. The molecule has 13 nitrogen and oxygen atoms in total. The van der Waals surface area contributed by atoms with E-state index in [-0.39, 0.29) is 35.5 Å². The fourth-order valence-corrected chi connectivity index (χ4v) is 3.53. The number of anilines is 2. The summed E-state index contributed by atoms with van der Waals surface area (Å²) in [5.41, 5.74) is 6.69. The van der Waals surface area contributed by atoms with Gasteiger partial charge in [0.05, 0.1) is 0 Å². The zero-order chi connectivity index (χ0) is 24.1. The van der Waals surface area contributed by atoms with Crippen LogP contribution >= 0.6 is 0 Å². The number of aliphatic carboxylic acids is 2. The summed E-state index contributed by atoms with van der Waals surface area (Å²) in [5.74, 6) is -3.13. The molecule has 1 aromatic carbocycles. The Balaban J connectivity index is 1.68. The van der Waals surface area contributed by atoms with Crippen molar-refractivity contribution in [3.63, 3.8) is 0 Å². The van der Waals surface area contributed by atoms with Crippen molar-refractivity contribution in [2.24, 2.45) is 0 Å². The number of hydrogen-bond acceptors (Lipinski definition) is 9. The van der Waals surface area contributed by atoms with Crippen LogP contribution in [-0.4, -0.2) is 54.0 Å². The predicted octanol–water partition coefficient (Wildman–Crippen LogP) is -0.186. The molecule has 6 N–H and O–H groups in total. The summed E-state index contributed by atoms with van der Waals surface area (Å²) >= 11 is 1.54. The maximum atomic E-state index is 12.4. The van der Waals surface area contributed by atoms with Gasteiger partial charge in [-0.3, -0.25) is 0 Å². The molecule has 3 rings (SSSR count). The van der Waals surface area contributed by atoms with Gasteiger partial charge in [0, 0.05) is 0 Å². The summed E-state index contributed by atoms with van der Waals surface area (Å²) in [6.07, 6.45) is 0.897. The number of carbonyl (C=O) groups is 3. The van der Waals surface area contributed by atoms with E-state index in [2.05, 4.69) is 25.3 Å². The van der Waals surface area contributed by atoms with Gasteiger partial charge in [0.15, 0.2) is 0 Å². The van der Waals surface area contributed by atoms with Gasteiger partial charge in [-0.1, -0.05) is 0 Å². The van der Waals surface area contributed by atoms with Crippen LogP contribution in [0.4, 0.5) is 11.6 Å². The minimum absolute atomic E-state index is 0.0474. The topological polar surface area (TPSA) is 204 Å². The number of aromatic nitrogens is 4. The van der Waals surface area contributed by atoms with E-state index in [4.69, 9.17) is 10.8 Å². The number of benzene rings is 1. The van der Waals surface area contributed by atoms with Crippen LogP contribution in [0, 0.1) is 38.3 Å². The van der Waals surface area contributed by atoms with Crippen molar-refractivity contribution in [3.8, 4) is 0 Å². The molecule has 0 fully saturated rings. The fourth-order valence-electron chi connectivity index (χ4n) is 2.82. The molecule has 0 bridgehead atoms. The van der Waals surface area contributed by atoms with E-state index < -0.39 is 29.4 Å². The molecular weight excluding hydrogens is 580 g/mol. The van der Waals surface area contributed by atoms with Crippen molar-refractivity contribution in [3.05, 3.63) is 52.1 Å². The molecule has 2 aromatic heterocycles. The average Bonchev–Trinajstić information content (AvgIpc) is 2.76. The van der Waals surface area contributed by atoms with Crippen LogP contribution in [0.25, 0.3) is 11.2 Å². The number of nitrogens with one attached hydrogen (secondary N) is 2. The van der Waals surface area contributed by atoms with E-state index in [1.807, 2.05) is 1.10 Å². The molecule has 0 aliphatic carbocycles. The van der Waals surface area contributed by atoms with E-state index in [0.717, 1.165) is 5.69 Å². The van der Waals surface area contributed by atoms with Crippen molar-refractivity contribution in [2.45, 2.75) is 25.4 Å². The van der Waals surface area contributed by atoms with E-state index in [9.17, 15) is 24.3 Å². The number of nitrogens with two attached hydrogens (primary N) is 1. The molecule has 0 aliphatic rings. The van der Waals surface area contributed by atoms with Crippen LogP contribution in [-0.2, 0) is 16.1 Å². The number of aromatic amines is 1. The molecule has 0 unspecified atom stereocenters. The number of amides is 1. The van der Waals surface area contributed by atoms with Crippen LogP contribution < -0.4 is 17.7 Å². The number of nitrogens with zero attached hydrogens (tertiary/aromatic N) is 4. The Morgan fingerprint density at radius 3 is 2.52 bits per heavy atom. The van der Waals surface area contributed by atoms with Gasteiger partial charge in [0.1, 0.15) is 0 Å². The monoisotopic (exact) mass is 598 g/mol. The zero-order valence-corrected chi connectivity index (χ0v) is 19.1. The molecule has 1 amide bonds. The second-order valence-electron chi connectivity index (χ2n) is 6.84. The Kier molecular flexibility index (Phi) is 7.84. The number of carboxylic acids is 2. The van der Waals surface area contributed by atoms with E-state index in [1.54, 1.807) is 12.1 Å². The first-order valence-corrected chi connectivity index (χ1v) is 10.4. The summed E-state index contributed by atoms with van der Waals surface area (Å²) in [7, 11) is 0. The first-order chi connectivity index (χ1) is 15.6. The van der Waals surface area contributed by atoms with Crippen molar-refractivity contribution < 1.29 is 62.9 Å². The summed E-state index contributed by atoms with van der Waals surface area (Å²) in [5, 5.41) is 20.2. The molecule has 33 heavy (non-hydrogen) atoms. The molecule has 0 saturated carbocycles. The van der Waals surface area contributed by atoms with E-state index in [1.165, 1.54) is 56.6 Å². The second-order valence-corrected chi connectivity index (χ2v) is 8.06. The Bertz CT molecular complexity index is 1260. The summed E-state index contributed by atoms with van der Waals surface area (Å²) < 4.78 is 1.84. The fraction of sp³-hybridized carbons (Fsp3) is 0.211. The van der Waals surface area contributed by atoms with E-state index >= 15 is 0 Å². The standard InChI is InChI=1S/C19H19N7O6.Gd/c20-19-25-15-14(17(30)26-19)23-11(8-22-15)7-21-10-3-1-9(2-4-10)16(29)24-12(18(31)32)5-6-13(27)28;/h1-4,8,12H,5-7H2,(H7,20,21,22,24,25,26,27,28,29,30,31,32);/q;+1/p-1/t12-;/m0./s1. The third-order valence-corrected chi connectivity index (χ3v) is 5.39. The predicted molar refractivity (Wildman–Crippen MR) is 111 cm³/mol.